The number of ether oxygens (including phenoxy) is 1. The standard InChI is InChI=1S/C17H30N2O/c1-5-14-20-17-10-8-16(9-11-17)15(4)18-12-13-19(6-2)7-3/h8-11,15,18H,5-7,12-14H2,1-4H3. The van der Waals surface area contributed by atoms with Crippen LogP contribution in [0.1, 0.15) is 45.7 Å². The van der Waals surface area contributed by atoms with Gasteiger partial charge in [-0.2, -0.15) is 0 Å². The van der Waals surface area contributed by atoms with Crippen LogP contribution in [0.3, 0.4) is 0 Å². The van der Waals surface area contributed by atoms with E-state index >= 15 is 0 Å². The Kier molecular flexibility index (Phi) is 8.31. The molecule has 3 heteroatoms. The van der Waals surface area contributed by atoms with Crippen LogP contribution in [-0.4, -0.2) is 37.7 Å². The second kappa shape index (κ2) is 9.78. The molecule has 0 spiro atoms. The summed E-state index contributed by atoms with van der Waals surface area (Å²) in [4.78, 5) is 2.43. The average Bonchev–Trinajstić information content (AvgIpc) is 2.50. The van der Waals surface area contributed by atoms with E-state index in [1.54, 1.807) is 0 Å². The number of nitrogens with one attached hydrogen (secondary N) is 1. The number of rotatable bonds is 10. The predicted molar refractivity (Wildman–Crippen MR) is 86.4 cm³/mol. The van der Waals surface area contributed by atoms with Crippen molar-refractivity contribution in [1.29, 1.82) is 0 Å². The summed E-state index contributed by atoms with van der Waals surface area (Å²) in [6.07, 6.45) is 1.05. The van der Waals surface area contributed by atoms with Crippen molar-refractivity contribution in [3.05, 3.63) is 29.8 Å². The fourth-order valence-corrected chi connectivity index (χ4v) is 2.17. The third-order valence-electron chi connectivity index (χ3n) is 3.63. The van der Waals surface area contributed by atoms with Crippen LogP contribution in [0, 0.1) is 0 Å². The molecule has 3 nitrogen and oxygen atoms in total. The molecule has 1 rings (SSSR count). The summed E-state index contributed by atoms with van der Waals surface area (Å²) >= 11 is 0. The second-order valence-corrected chi connectivity index (χ2v) is 5.12. The molecule has 0 aliphatic carbocycles. The first-order valence-corrected chi connectivity index (χ1v) is 7.89. The monoisotopic (exact) mass is 278 g/mol. The molecule has 0 amide bonds. The largest absolute Gasteiger partial charge is 0.494 e. The number of hydrogen-bond donors (Lipinski definition) is 1. The lowest BCUT2D eigenvalue weighted by Gasteiger charge is -2.20. The predicted octanol–water partition coefficient (Wildman–Crippen LogP) is 3.47. The highest BCUT2D eigenvalue weighted by atomic mass is 16.5. The Morgan fingerprint density at radius 3 is 2.30 bits per heavy atom. The number of benzene rings is 1. The Hall–Kier alpha value is -1.06. The molecule has 20 heavy (non-hydrogen) atoms. The van der Waals surface area contributed by atoms with E-state index in [9.17, 15) is 0 Å². The van der Waals surface area contributed by atoms with E-state index in [0.29, 0.717) is 6.04 Å². The van der Waals surface area contributed by atoms with Crippen LogP contribution >= 0.6 is 0 Å². The minimum absolute atomic E-state index is 0.380. The van der Waals surface area contributed by atoms with Crippen molar-refractivity contribution in [2.75, 3.05) is 32.8 Å². The van der Waals surface area contributed by atoms with E-state index in [1.807, 2.05) is 0 Å². The maximum Gasteiger partial charge on any atom is 0.119 e. The molecule has 114 valence electrons. The Morgan fingerprint density at radius 1 is 1.10 bits per heavy atom. The Balaban J connectivity index is 2.37. The molecule has 0 aliphatic rings. The van der Waals surface area contributed by atoms with Crippen molar-refractivity contribution < 1.29 is 4.74 Å². The third kappa shape index (κ3) is 5.93. The lowest BCUT2D eigenvalue weighted by Crippen LogP contribution is -2.33. The summed E-state index contributed by atoms with van der Waals surface area (Å²) in [6, 6.07) is 8.81. The van der Waals surface area contributed by atoms with Gasteiger partial charge in [0.15, 0.2) is 0 Å². The number of likely N-dealkylation sites (N-methyl/N-ethyl adjacent to an activating group) is 1. The van der Waals surface area contributed by atoms with Crippen LogP contribution in [-0.2, 0) is 0 Å². The fourth-order valence-electron chi connectivity index (χ4n) is 2.17. The van der Waals surface area contributed by atoms with E-state index in [2.05, 4.69) is 62.2 Å². The SMILES string of the molecule is CCCOc1ccc(C(C)NCCN(CC)CC)cc1. The lowest BCUT2D eigenvalue weighted by atomic mass is 10.1. The molecule has 1 aromatic carbocycles. The van der Waals surface area contributed by atoms with Crippen molar-refractivity contribution in [3.63, 3.8) is 0 Å². The van der Waals surface area contributed by atoms with E-state index in [-0.39, 0.29) is 0 Å². The van der Waals surface area contributed by atoms with E-state index in [4.69, 9.17) is 4.74 Å². The zero-order chi connectivity index (χ0) is 14.8. The van der Waals surface area contributed by atoms with Gasteiger partial charge in [0.1, 0.15) is 5.75 Å². The average molecular weight is 278 g/mol. The molecule has 0 aliphatic heterocycles. The van der Waals surface area contributed by atoms with Crippen LogP contribution < -0.4 is 10.1 Å². The van der Waals surface area contributed by atoms with Crippen LogP contribution in [0.4, 0.5) is 0 Å². The van der Waals surface area contributed by atoms with Crippen LogP contribution in [0.15, 0.2) is 24.3 Å². The van der Waals surface area contributed by atoms with E-state index in [0.717, 1.165) is 45.0 Å². The minimum Gasteiger partial charge on any atom is -0.494 e. The molecule has 0 saturated heterocycles. The van der Waals surface area contributed by atoms with Crippen LogP contribution in [0.2, 0.25) is 0 Å². The summed E-state index contributed by atoms with van der Waals surface area (Å²) in [5.74, 6) is 0.964. The van der Waals surface area contributed by atoms with Crippen molar-refractivity contribution >= 4 is 0 Å². The molecule has 1 aromatic rings. The first-order chi connectivity index (χ1) is 9.71. The van der Waals surface area contributed by atoms with Gasteiger partial charge in [0, 0.05) is 19.1 Å². The van der Waals surface area contributed by atoms with Gasteiger partial charge in [0.2, 0.25) is 0 Å². The van der Waals surface area contributed by atoms with Gasteiger partial charge in [-0.15, -0.1) is 0 Å². The van der Waals surface area contributed by atoms with Gasteiger partial charge in [0.25, 0.3) is 0 Å². The highest BCUT2D eigenvalue weighted by molar-refractivity contribution is 5.28. The molecule has 0 radical (unpaired) electrons. The fraction of sp³-hybridized carbons (Fsp3) is 0.647. The molecule has 1 atom stereocenters. The Bertz CT molecular complexity index is 347. The zero-order valence-corrected chi connectivity index (χ0v) is 13.5. The smallest absolute Gasteiger partial charge is 0.119 e. The van der Waals surface area contributed by atoms with Gasteiger partial charge >= 0.3 is 0 Å². The van der Waals surface area contributed by atoms with Gasteiger partial charge in [-0.05, 0) is 44.1 Å². The third-order valence-corrected chi connectivity index (χ3v) is 3.63. The molecule has 1 unspecified atom stereocenters. The Morgan fingerprint density at radius 2 is 1.75 bits per heavy atom. The van der Waals surface area contributed by atoms with Gasteiger partial charge in [-0.25, -0.2) is 0 Å². The van der Waals surface area contributed by atoms with E-state index in [1.165, 1.54) is 5.56 Å². The minimum atomic E-state index is 0.380. The summed E-state index contributed by atoms with van der Waals surface area (Å²) in [5, 5.41) is 3.58. The molecule has 0 bridgehead atoms. The van der Waals surface area contributed by atoms with Crippen molar-refractivity contribution in [3.8, 4) is 5.75 Å². The molecule has 0 aromatic heterocycles. The van der Waals surface area contributed by atoms with Crippen molar-refractivity contribution in [1.82, 2.24) is 10.2 Å². The summed E-state index contributed by atoms with van der Waals surface area (Å²) in [7, 11) is 0. The zero-order valence-electron chi connectivity index (χ0n) is 13.5. The topological polar surface area (TPSA) is 24.5 Å². The summed E-state index contributed by atoms with van der Waals surface area (Å²) < 4.78 is 5.60. The molecule has 0 fully saturated rings. The molecule has 0 heterocycles. The first kappa shape index (κ1) is 17.0. The molecular weight excluding hydrogens is 248 g/mol. The van der Waals surface area contributed by atoms with Gasteiger partial charge < -0.3 is 15.0 Å². The maximum atomic E-state index is 5.60. The Labute approximate surface area is 124 Å². The number of nitrogens with zero attached hydrogens (tertiary/aromatic N) is 1. The number of hydrogen-bond acceptors (Lipinski definition) is 3. The molecule has 1 N–H and O–H groups in total. The quantitative estimate of drug-likeness (QED) is 0.709. The normalized spacial score (nSPS) is 12.7. The highest BCUT2D eigenvalue weighted by Gasteiger charge is 2.05. The second-order valence-electron chi connectivity index (χ2n) is 5.12. The summed E-state index contributed by atoms with van der Waals surface area (Å²) in [5.41, 5.74) is 1.31. The van der Waals surface area contributed by atoms with Crippen LogP contribution in [0.5, 0.6) is 5.75 Å². The van der Waals surface area contributed by atoms with Gasteiger partial charge in [-0.3, -0.25) is 0 Å². The van der Waals surface area contributed by atoms with Crippen LogP contribution in [0.25, 0.3) is 0 Å². The summed E-state index contributed by atoms with van der Waals surface area (Å²) in [6.45, 7) is 13.9. The maximum absolute atomic E-state index is 5.60. The van der Waals surface area contributed by atoms with Gasteiger partial charge in [0.05, 0.1) is 6.61 Å². The van der Waals surface area contributed by atoms with Crippen molar-refractivity contribution in [2.24, 2.45) is 0 Å². The van der Waals surface area contributed by atoms with Gasteiger partial charge in [-0.1, -0.05) is 32.9 Å². The highest BCUT2D eigenvalue weighted by Crippen LogP contribution is 2.17. The molecular formula is C17H30N2O. The van der Waals surface area contributed by atoms with E-state index < -0.39 is 0 Å². The molecule has 0 saturated carbocycles. The lowest BCUT2D eigenvalue weighted by molar-refractivity contribution is 0.298. The first-order valence-electron chi connectivity index (χ1n) is 7.89. The van der Waals surface area contributed by atoms with Crippen molar-refractivity contribution in [2.45, 2.75) is 40.2 Å².